The lowest BCUT2D eigenvalue weighted by Crippen LogP contribution is -2.06. The minimum Gasteiger partial charge on any atom is -0.492 e. The van der Waals surface area contributed by atoms with E-state index in [1.54, 1.807) is 0 Å². The minimum absolute atomic E-state index is 0.289. The van der Waals surface area contributed by atoms with Crippen molar-refractivity contribution >= 4 is 15.9 Å². The highest BCUT2D eigenvalue weighted by molar-refractivity contribution is 9.10. The summed E-state index contributed by atoms with van der Waals surface area (Å²) in [6.45, 7) is 0.890. The highest BCUT2D eigenvalue weighted by Crippen LogP contribution is 2.27. The van der Waals surface area contributed by atoms with Crippen molar-refractivity contribution in [3.05, 3.63) is 28.2 Å². The van der Waals surface area contributed by atoms with Crippen LogP contribution in [0.5, 0.6) is 5.75 Å². The van der Waals surface area contributed by atoms with Gasteiger partial charge in [0.15, 0.2) is 11.6 Å². The fourth-order valence-electron chi connectivity index (χ4n) is 0.880. The Morgan fingerprint density at radius 1 is 1.29 bits per heavy atom. The van der Waals surface area contributed by atoms with Crippen LogP contribution in [-0.4, -0.2) is 13.2 Å². The van der Waals surface area contributed by atoms with E-state index in [1.165, 1.54) is 0 Å². The Morgan fingerprint density at radius 2 is 1.93 bits per heavy atom. The predicted molar refractivity (Wildman–Crippen MR) is 53.2 cm³/mol. The summed E-state index contributed by atoms with van der Waals surface area (Å²) < 4.78 is 31.0. The van der Waals surface area contributed by atoms with Gasteiger partial charge in [0.05, 0.1) is 11.1 Å². The first kappa shape index (κ1) is 11.4. The third-order valence-corrected chi connectivity index (χ3v) is 2.20. The van der Waals surface area contributed by atoms with Crippen LogP contribution in [0, 0.1) is 11.6 Å². The van der Waals surface area contributed by atoms with Crippen LogP contribution in [0.4, 0.5) is 8.78 Å². The second kappa shape index (κ2) is 5.26. The van der Waals surface area contributed by atoms with Crippen molar-refractivity contribution < 1.29 is 13.5 Å². The summed E-state index contributed by atoms with van der Waals surface area (Å²) in [6.07, 6.45) is 0.672. The van der Waals surface area contributed by atoms with Gasteiger partial charge in [-0.3, -0.25) is 0 Å². The lowest BCUT2D eigenvalue weighted by molar-refractivity contribution is 0.308. The predicted octanol–water partition coefficient (Wildman–Crippen LogP) is 2.45. The average Bonchev–Trinajstić information content (AvgIpc) is 2.14. The molecular formula is C9H10BrF2NO. The second-order valence-electron chi connectivity index (χ2n) is 2.69. The summed E-state index contributed by atoms with van der Waals surface area (Å²) in [5.41, 5.74) is 5.26. The third-order valence-electron chi connectivity index (χ3n) is 1.58. The molecule has 0 bridgehead atoms. The molecule has 0 aliphatic heterocycles. The van der Waals surface area contributed by atoms with E-state index in [2.05, 4.69) is 15.9 Å². The maximum atomic E-state index is 12.8. The molecule has 0 saturated heterocycles. The molecule has 0 unspecified atom stereocenters. The molecule has 0 aliphatic carbocycles. The molecule has 0 fully saturated rings. The van der Waals surface area contributed by atoms with Crippen molar-refractivity contribution in [2.75, 3.05) is 13.2 Å². The van der Waals surface area contributed by atoms with Crippen LogP contribution in [0.3, 0.4) is 0 Å². The van der Waals surface area contributed by atoms with E-state index < -0.39 is 11.6 Å². The number of hydrogen-bond donors (Lipinski definition) is 1. The molecule has 2 N–H and O–H groups in total. The molecule has 2 nitrogen and oxygen atoms in total. The molecule has 1 aromatic carbocycles. The van der Waals surface area contributed by atoms with Crippen LogP contribution in [0.15, 0.2) is 16.6 Å². The van der Waals surface area contributed by atoms with Crippen LogP contribution in [0.2, 0.25) is 0 Å². The number of rotatable bonds is 4. The molecule has 1 rings (SSSR count). The molecule has 0 saturated carbocycles. The van der Waals surface area contributed by atoms with Crippen molar-refractivity contribution in [2.24, 2.45) is 5.73 Å². The van der Waals surface area contributed by atoms with E-state index in [-0.39, 0.29) is 5.75 Å². The van der Waals surface area contributed by atoms with Gasteiger partial charge >= 0.3 is 0 Å². The maximum Gasteiger partial charge on any atom is 0.162 e. The van der Waals surface area contributed by atoms with Gasteiger partial charge in [-0.05, 0) is 35.0 Å². The summed E-state index contributed by atoms with van der Waals surface area (Å²) in [6, 6.07) is 2.04. The smallest absolute Gasteiger partial charge is 0.162 e. The lowest BCUT2D eigenvalue weighted by Gasteiger charge is -2.07. The molecule has 14 heavy (non-hydrogen) atoms. The van der Waals surface area contributed by atoms with Gasteiger partial charge in [-0.1, -0.05) is 0 Å². The lowest BCUT2D eigenvalue weighted by atomic mass is 10.3. The summed E-state index contributed by atoms with van der Waals surface area (Å²) in [4.78, 5) is 0. The Morgan fingerprint density at radius 3 is 2.57 bits per heavy atom. The minimum atomic E-state index is -0.920. The molecule has 1 aromatic rings. The first-order valence-electron chi connectivity index (χ1n) is 4.12. The molecule has 78 valence electrons. The summed E-state index contributed by atoms with van der Waals surface area (Å²) in [5, 5.41) is 0. The topological polar surface area (TPSA) is 35.2 Å². The van der Waals surface area contributed by atoms with E-state index >= 15 is 0 Å². The quantitative estimate of drug-likeness (QED) is 0.671. The monoisotopic (exact) mass is 265 g/mol. The van der Waals surface area contributed by atoms with Crippen LogP contribution in [0.1, 0.15) is 6.42 Å². The molecule has 0 amide bonds. The largest absolute Gasteiger partial charge is 0.492 e. The summed E-state index contributed by atoms with van der Waals surface area (Å²) in [7, 11) is 0. The standard InChI is InChI=1S/C9H10BrF2NO/c10-6-4-7(11)8(12)5-9(6)14-3-1-2-13/h4-5H,1-3,13H2. The molecule has 0 heterocycles. The van der Waals surface area contributed by atoms with Crippen LogP contribution < -0.4 is 10.5 Å². The Hall–Kier alpha value is -0.680. The second-order valence-corrected chi connectivity index (χ2v) is 3.54. The molecule has 0 radical (unpaired) electrons. The molecule has 5 heteroatoms. The van der Waals surface area contributed by atoms with Gasteiger partial charge in [-0.2, -0.15) is 0 Å². The zero-order valence-corrected chi connectivity index (χ0v) is 8.98. The number of ether oxygens (including phenoxy) is 1. The van der Waals surface area contributed by atoms with Gasteiger partial charge < -0.3 is 10.5 Å². The highest BCUT2D eigenvalue weighted by atomic mass is 79.9. The molecule has 0 spiro atoms. The number of nitrogens with two attached hydrogens (primary N) is 1. The third kappa shape index (κ3) is 2.92. The number of hydrogen-bond acceptors (Lipinski definition) is 2. The normalized spacial score (nSPS) is 10.3. The first-order chi connectivity index (χ1) is 6.65. The molecular weight excluding hydrogens is 256 g/mol. The first-order valence-corrected chi connectivity index (χ1v) is 4.92. The van der Waals surface area contributed by atoms with Crippen molar-refractivity contribution in [3.8, 4) is 5.75 Å². The van der Waals surface area contributed by atoms with E-state index in [1.807, 2.05) is 0 Å². The Labute approximate surface area is 89.2 Å². The molecule has 0 aliphatic rings. The fourth-order valence-corrected chi connectivity index (χ4v) is 1.31. The average molecular weight is 266 g/mol. The molecule has 0 atom stereocenters. The number of benzene rings is 1. The van der Waals surface area contributed by atoms with Crippen LogP contribution in [0.25, 0.3) is 0 Å². The van der Waals surface area contributed by atoms with E-state index in [0.29, 0.717) is 24.0 Å². The van der Waals surface area contributed by atoms with Crippen molar-refractivity contribution in [1.29, 1.82) is 0 Å². The van der Waals surface area contributed by atoms with Gasteiger partial charge in [-0.15, -0.1) is 0 Å². The van der Waals surface area contributed by atoms with Gasteiger partial charge in [0, 0.05) is 6.07 Å². The van der Waals surface area contributed by atoms with Crippen LogP contribution >= 0.6 is 15.9 Å². The van der Waals surface area contributed by atoms with E-state index in [9.17, 15) is 8.78 Å². The Kier molecular flexibility index (Phi) is 4.28. The van der Waals surface area contributed by atoms with Gasteiger partial charge in [0.1, 0.15) is 5.75 Å². The fraction of sp³-hybridized carbons (Fsp3) is 0.333. The van der Waals surface area contributed by atoms with Crippen molar-refractivity contribution in [2.45, 2.75) is 6.42 Å². The molecule has 0 aromatic heterocycles. The maximum absolute atomic E-state index is 12.8. The highest BCUT2D eigenvalue weighted by Gasteiger charge is 2.08. The number of halogens is 3. The zero-order valence-electron chi connectivity index (χ0n) is 7.40. The van der Waals surface area contributed by atoms with Crippen molar-refractivity contribution in [1.82, 2.24) is 0 Å². The van der Waals surface area contributed by atoms with Gasteiger partial charge in [-0.25, -0.2) is 8.78 Å². The zero-order chi connectivity index (χ0) is 10.6. The summed E-state index contributed by atoms with van der Waals surface area (Å²) in [5.74, 6) is -1.53. The SMILES string of the molecule is NCCCOc1cc(F)c(F)cc1Br. The van der Waals surface area contributed by atoms with E-state index in [4.69, 9.17) is 10.5 Å². The Balaban J connectivity index is 2.72. The van der Waals surface area contributed by atoms with E-state index in [0.717, 1.165) is 12.1 Å². The van der Waals surface area contributed by atoms with Crippen LogP contribution in [-0.2, 0) is 0 Å². The van der Waals surface area contributed by atoms with Gasteiger partial charge in [0.2, 0.25) is 0 Å². The Bertz CT molecular complexity index is 320. The van der Waals surface area contributed by atoms with Gasteiger partial charge in [0.25, 0.3) is 0 Å². The summed E-state index contributed by atoms with van der Waals surface area (Å²) >= 11 is 3.07. The van der Waals surface area contributed by atoms with Crippen molar-refractivity contribution in [3.63, 3.8) is 0 Å².